The van der Waals surface area contributed by atoms with Crippen molar-refractivity contribution in [2.45, 2.75) is 18.4 Å². The van der Waals surface area contributed by atoms with E-state index in [1.54, 1.807) is 42.5 Å². The average Bonchev–Trinajstić information content (AvgIpc) is 2.80. The molecule has 0 radical (unpaired) electrons. The lowest BCUT2D eigenvalue weighted by Gasteiger charge is -2.22. The molecule has 3 aromatic rings. The standard InChI is InChI=1S/C24H25BrN2O5S/c1-17-4-11-21(12-5-17)33(29,30)27(15-18-6-8-19(25)9-7-18)16-24(28)26-22-14-20(31-2)10-13-23(22)32-3/h4-14H,15-16H2,1-3H3,(H,26,28). The molecule has 174 valence electrons. The molecular weight excluding hydrogens is 508 g/mol. The van der Waals surface area contributed by atoms with Crippen molar-refractivity contribution >= 4 is 37.5 Å². The van der Waals surface area contributed by atoms with E-state index in [1.165, 1.54) is 14.2 Å². The molecular formula is C24H25BrN2O5S. The van der Waals surface area contributed by atoms with Crippen LogP contribution >= 0.6 is 15.9 Å². The SMILES string of the molecule is COc1ccc(OC)c(NC(=O)CN(Cc2ccc(Br)cc2)S(=O)(=O)c2ccc(C)cc2)c1. The van der Waals surface area contributed by atoms with Gasteiger partial charge in [0.05, 0.1) is 31.3 Å². The van der Waals surface area contributed by atoms with Gasteiger partial charge in [0.25, 0.3) is 0 Å². The molecule has 9 heteroatoms. The van der Waals surface area contributed by atoms with Gasteiger partial charge in [0.1, 0.15) is 11.5 Å². The molecule has 0 spiro atoms. The molecule has 0 bridgehead atoms. The van der Waals surface area contributed by atoms with Crippen molar-refractivity contribution in [3.63, 3.8) is 0 Å². The molecule has 0 atom stereocenters. The van der Waals surface area contributed by atoms with E-state index in [-0.39, 0.29) is 18.0 Å². The highest BCUT2D eigenvalue weighted by molar-refractivity contribution is 9.10. The second-order valence-corrected chi connectivity index (χ2v) is 10.2. The molecule has 33 heavy (non-hydrogen) atoms. The van der Waals surface area contributed by atoms with Crippen LogP contribution in [-0.2, 0) is 21.4 Å². The Morgan fingerprint density at radius 2 is 1.64 bits per heavy atom. The number of sulfonamides is 1. The lowest BCUT2D eigenvalue weighted by Crippen LogP contribution is -2.37. The van der Waals surface area contributed by atoms with Crippen LogP contribution in [0.15, 0.2) is 76.1 Å². The van der Waals surface area contributed by atoms with Crippen molar-refractivity contribution in [1.29, 1.82) is 0 Å². The van der Waals surface area contributed by atoms with E-state index in [0.717, 1.165) is 19.9 Å². The number of aryl methyl sites for hydroxylation is 1. The molecule has 0 saturated carbocycles. The fourth-order valence-electron chi connectivity index (χ4n) is 3.14. The van der Waals surface area contributed by atoms with Gasteiger partial charge in [-0.25, -0.2) is 8.42 Å². The number of halogens is 1. The lowest BCUT2D eigenvalue weighted by atomic mass is 10.2. The Bertz CT molecular complexity index is 1210. The molecule has 0 heterocycles. The van der Waals surface area contributed by atoms with E-state index in [9.17, 15) is 13.2 Å². The minimum atomic E-state index is -3.94. The summed E-state index contributed by atoms with van der Waals surface area (Å²) < 4.78 is 39.4. The Morgan fingerprint density at radius 3 is 2.24 bits per heavy atom. The predicted molar refractivity (Wildman–Crippen MR) is 131 cm³/mol. The molecule has 1 amide bonds. The summed E-state index contributed by atoms with van der Waals surface area (Å²) in [7, 11) is -0.937. The first-order valence-corrected chi connectivity index (χ1v) is 12.3. The maximum Gasteiger partial charge on any atom is 0.243 e. The maximum absolute atomic E-state index is 13.4. The number of carbonyl (C=O) groups is 1. The summed E-state index contributed by atoms with van der Waals surface area (Å²) in [6.45, 7) is 1.53. The first-order chi connectivity index (χ1) is 15.7. The zero-order valence-corrected chi connectivity index (χ0v) is 20.9. The molecule has 0 saturated heterocycles. The Kier molecular flexibility index (Phi) is 8.12. The Labute approximate surface area is 202 Å². The van der Waals surface area contributed by atoms with Crippen LogP contribution in [0.3, 0.4) is 0 Å². The third kappa shape index (κ3) is 6.34. The second-order valence-electron chi connectivity index (χ2n) is 7.33. The van der Waals surface area contributed by atoms with Gasteiger partial charge >= 0.3 is 0 Å². The highest BCUT2D eigenvalue weighted by Gasteiger charge is 2.27. The van der Waals surface area contributed by atoms with E-state index in [4.69, 9.17) is 9.47 Å². The van der Waals surface area contributed by atoms with E-state index >= 15 is 0 Å². The van der Waals surface area contributed by atoms with Gasteiger partial charge in [-0.1, -0.05) is 45.8 Å². The van der Waals surface area contributed by atoms with Crippen LogP contribution in [0.1, 0.15) is 11.1 Å². The minimum absolute atomic E-state index is 0.0339. The predicted octanol–water partition coefficient (Wildman–Crippen LogP) is 4.60. The number of nitrogens with zero attached hydrogens (tertiary/aromatic N) is 1. The van der Waals surface area contributed by atoms with Gasteiger partial charge in [-0.15, -0.1) is 0 Å². The van der Waals surface area contributed by atoms with E-state index < -0.39 is 15.9 Å². The van der Waals surface area contributed by atoms with Crippen molar-refractivity contribution in [1.82, 2.24) is 4.31 Å². The van der Waals surface area contributed by atoms with Gasteiger partial charge in [-0.05, 0) is 48.9 Å². The van der Waals surface area contributed by atoms with E-state index in [1.807, 2.05) is 31.2 Å². The van der Waals surface area contributed by atoms with Crippen molar-refractivity contribution in [2.75, 3.05) is 26.1 Å². The van der Waals surface area contributed by atoms with Gasteiger partial charge < -0.3 is 14.8 Å². The average molecular weight is 533 g/mol. The van der Waals surface area contributed by atoms with Gasteiger partial charge in [-0.3, -0.25) is 4.79 Å². The van der Waals surface area contributed by atoms with Crippen LogP contribution in [0.4, 0.5) is 5.69 Å². The van der Waals surface area contributed by atoms with E-state index in [0.29, 0.717) is 17.2 Å². The molecule has 0 fully saturated rings. The fourth-order valence-corrected chi connectivity index (χ4v) is 4.79. The molecule has 0 aromatic heterocycles. The number of benzene rings is 3. The molecule has 1 N–H and O–H groups in total. The molecule has 0 aliphatic rings. The summed E-state index contributed by atoms with van der Waals surface area (Å²) in [6, 6.07) is 18.8. The zero-order chi connectivity index (χ0) is 24.0. The molecule has 0 aliphatic carbocycles. The summed E-state index contributed by atoms with van der Waals surface area (Å²) in [6.07, 6.45) is 0. The molecule has 0 aliphatic heterocycles. The number of hydrogen-bond donors (Lipinski definition) is 1. The number of anilines is 1. The van der Waals surface area contributed by atoms with Crippen LogP contribution in [0.5, 0.6) is 11.5 Å². The summed E-state index contributed by atoms with van der Waals surface area (Å²) in [5, 5.41) is 2.74. The van der Waals surface area contributed by atoms with Crippen LogP contribution in [-0.4, -0.2) is 39.4 Å². The van der Waals surface area contributed by atoms with E-state index in [2.05, 4.69) is 21.2 Å². The van der Waals surface area contributed by atoms with Crippen molar-refractivity contribution < 1.29 is 22.7 Å². The summed E-state index contributed by atoms with van der Waals surface area (Å²) >= 11 is 3.38. The minimum Gasteiger partial charge on any atom is -0.497 e. The van der Waals surface area contributed by atoms with Crippen LogP contribution < -0.4 is 14.8 Å². The number of nitrogens with one attached hydrogen (secondary N) is 1. The fraction of sp³-hybridized carbons (Fsp3) is 0.208. The Hall–Kier alpha value is -2.88. The number of hydrogen-bond acceptors (Lipinski definition) is 5. The maximum atomic E-state index is 13.4. The quantitative estimate of drug-likeness (QED) is 0.435. The number of amides is 1. The van der Waals surface area contributed by atoms with Gasteiger partial charge in [-0.2, -0.15) is 4.31 Å². The first kappa shape index (κ1) is 24.8. The summed E-state index contributed by atoms with van der Waals surface area (Å²) in [4.78, 5) is 13.1. The zero-order valence-electron chi connectivity index (χ0n) is 18.5. The number of ether oxygens (including phenoxy) is 2. The topological polar surface area (TPSA) is 84.9 Å². The molecule has 7 nitrogen and oxygen atoms in total. The number of carbonyl (C=O) groups excluding carboxylic acids is 1. The van der Waals surface area contributed by atoms with Crippen LogP contribution in [0.25, 0.3) is 0 Å². The second kappa shape index (κ2) is 10.8. The van der Waals surface area contributed by atoms with Crippen LogP contribution in [0, 0.1) is 6.92 Å². The van der Waals surface area contributed by atoms with Crippen molar-refractivity contribution in [3.05, 3.63) is 82.3 Å². The smallest absolute Gasteiger partial charge is 0.243 e. The number of methoxy groups -OCH3 is 2. The van der Waals surface area contributed by atoms with Gasteiger partial charge in [0.2, 0.25) is 15.9 Å². The van der Waals surface area contributed by atoms with Gasteiger partial charge in [0.15, 0.2) is 0 Å². The van der Waals surface area contributed by atoms with Crippen LogP contribution in [0.2, 0.25) is 0 Å². The third-order valence-electron chi connectivity index (χ3n) is 4.93. The third-order valence-corrected chi connectivity index (χ3v) is 7.27. The number of rotatable bonds is 9. The van der Waals surface area contributed by atoms with Crippen molar-refractivity contribution in [2.24, 2.45) is 0 Å². The summed E-state index contributed by atoms with van der Waals surface area (Å²) in [5.74, 6) is 0.462. The van der Waals surface area contributed by atoms with Crippen molar-refractivity contribution in [3.8, 4) is 11.5 Å². The highest BCUT2D eigenvalue weighted by atomic mass is 79.9. The largest absolute Gasteiger partial charge is 0.497 e. The normalized spacial score (nSPS) is 11.3. The first-order valence-electron chi connectivity index (χ1n) is 10.1. The highest BCUT2D eigenvalue weighted by Crippen LogP contribution is 2.29. The molecule has 3 aromatic carbocycles. The lowest BCUT2D eigenvalue weighted by molar-refractivity contribution is -0.116. The monoisotopic (exact) mass is 532 g/mol. The molecule has 0 unspecified atom stereocenters. The Balaban J connectivity index is 1.90. The Morgan fingerprint density at radius 1 is 0.970 bits per heavy atom. The van der Waals surface area contributed by atoms with Gasteiger partial charge in [0, 0.05) is 17.1 Å². The summed E-state index contributed by atoms with van der Waals surface area (Å²) in [5.41, 5.74) is 2.08. The molecule has 3 rings (SSSR count).